The number of H-pyrrole nitrogens is 2. The van der Waals surface area contributed by atoms with Crippen LogP contribution in [0, 0.1) is 5.92 Å². The van der Waals surface area contributed by atoms with Crippen molar-refractivity contribution >= 4 is 17.1 Å². The van der Waals surface area contributed by atoms with Crippen LogP contribution in [0.25, 0.3) is 17.1 Å². The van der Waals surface area contributed by atoms with Crippen molar-refractivity contribution in [3.63, 3.8) is 0 Å². The second kappa shape index (κ2) is 6.31. The Morgan fingerprint density at radius 3 is 2.72 bits per heavy atom. The van der Waals surface area contributed by atoms with Crippen LogP contribution in [0.4, 0.5) is 0 Å². The number of aromatic amines is 2. The van der Waals surface area contributed by atoms with Gasteiger partial charge in [-0.3, -0.25) is 4.79 Å². The summed E-state index contributed by atoms with van der Waals surface area (Å²) in [5.74, 6) is -0.435. The number of hydrogen-bond acceptors (Lipinski definition) is 4. The van der Waals surface area contributed by atoms with Crippen molar-refractivity contribution in [2.45, 2.75) is 24.5 Å². The number of aliphatic hydroxyl groups excluding tert-OH is 2. The largest absolute Gasteiger partial charge is 0.390 e. The van der Waals surface area contributed by atoms with Crippen molar-refractivity contribution < 1.29 is 10.2 Å². The monoisotopic (exact) mass is 337 g/mol. The van der Waals surface area contributed by atoms with Crippen LogP contribution < -0.4 is 5.56 Å². The van der Waals surface area contributed by atoms with Gasteiger partial charge in [0.15, 0.2) is 0 Å². The third-order valence-corrected chi connectivity index (χ3v) is 4.96. The minimum Gasteiger partial charge on any atom is -0.390 e. The van der Waals surface area contributed by atoms with E-state index in [9.17, 15) is 15.0 Å². The molecule has 0 amide bonds. The van der Waals surface area contributed by atoms with Crippen LogP contribution in [0.1, 0.15) is 23.5 Å². The van der Waals surface area contributed by atoms with Gasteiger partial charge in [0.05, 0.1) is 24.1 Å². The molecule has 1 saturated carbocycles. The van der Waals surface area contributed by atoms with E-state index in [-0.39, 0.29) is 17.4 Å². The Balaban J connectivity index is 1.62. The predicted octanol–water partition coefficient (Wildman–Crippen LogP) is 1.79. The smallest absolute Gasteiger partial charge is 0.275 e. The molecule has 2 aromatic heterocycles. The fourth-order valence-electron chi connectivity index (χ4n) is 3.62. The Morgan fingerprint density at radius 1 is 1.12 bits per heavy atom. The summed E-state index contributed by atoms with van der Waals surface area (Å²) in [5.41, 5.74) is 2.51. The first-order chi connectivity index (χ1) is 12.1. The van der Waals surface area contributed by atoms with Crippen molar-refractivity contribution in [3.8, 4) is 0 Å². The van der Waals surface area contributed by atoms with E-state index in [2.05, 4.69) is 15.0 Å². The molecule has 0 bridgehead atoms. The van der Waals surface area contributed by atoms with E-state index >= 15 is 0 Å². The zero-order valence-corrected chi connectivity index (χ0v) is 13.5. The molecular weight excluding hydrogens is 318 g/mol. The van der Waals surface area contributed by atoms with Crippen LogP contribution in [0.3, 0.4) is 0 Å². The van der Waals surface area contributed by atoms with E-state index in [4.69, 9.17) is 0 Å². The molecule has 2 heterocycles. The first kappa shape index (κ1) is 15.8. The Kier molecular flexibility index (Phi) is 3.99. The Bertz CT molecular complexity index is 961. The third-order valence-electron chi connectivity index (χ3n) is 4.96. The summed E-state index contributed by atoms with van der Waals surface area (Å²) in [6.07, 6.45) is 5.80. The summed E-state index contributed by atoms with van der Waals surface area (Å²) in [6.45, 7) is 0. The second-order valence-electron chi connectivity index (χ2n) is 6.46. The van der Waals surface area contributed by atoms with E-state index in [0.29, 0.717) is 17.5 Å². The number of rotatable bonds is 3. The molecule has 0 aliphatic heterocycles. The molecule has 1 aliphatic rings. The summed E-state index contributed by atoms with van der Waals surface area (Å²) < 4.78 is 0. The fraction of sp³-hybridized carbons (Fsp3) is 0.263. The molecule has 6 nitrogen and oxygen atoms in total. The minimum absolute atomic E-state index is 0.160. The Hall–Kier alpha value is -2.70. The molecule has 6 heteroatoms. The number of aliphatic hydroxyl groups is 2. The zero-order chi connectivity index (χ0) is 17.4. The molecule has 4 atom stereocenters. The number of benzene rings is 1. The lowest BCUT2D eigenvalue weighted by atomic mass is 9.96. The van der Waals surface area contributed by atoms with Gasteiger partial charge >= 0.3 is 0 Å². The van der Waals surface area contributed by atoms with Gasteiger partial charge in [-0.15, -0.1) is 0 Å². The minimum atomic E-state index is -0.898. The number of fused-ring (bicyclic) bond motifs is 1. The highest BCUT2D eigenvalue weighted by Gasteiger charge is 2.42. The molecule has 1 fully saturated rings. The third kappa shape index (κ3) is 2.79. The number of nitrogens with one attached hydrogen (secondary N) is 2. The van der Waals surface area contributed by atoms with Crippen molar-refractivity contribution in [3.05, 3.63) is 70.4 Å². The number of aromatic nitrogens is 3. The van der Waals surface area contributed by atoms with Crippen molar-refractivity contribution in [1.29, 1.82) is 0 Å². The number of hydrogen-bond donors (Lipinski definition) is 4. The maximum atomic E-state index is 11.8. The average Bonchev–Trinajstić information content (AvgIpc) is 3.18. The highest BCUT2D eigenvalue weighted by Crippen LogP contribution is 2.41. The summed E-state index contributed by atoms with van der Waals surface area (Å²) >= 11 is 0. The van der Waals surface area contributed by atoms with Gasteiger partial charge in [-0.25, -0.2) is 4.98 Å². The van der Waals surface area contributed by atoms with Crippen molar-refractivity contribution in [2.75, 3.05) is 0 Å². The quantitative estimate of drug-likeness (QED) is 0.585. The van der Waals surface area contributed by atoms with Gasteiger partial charge in [-0.1, -0.05) is 42.5 Å². The first-order valence-electron chi connectivity index (χ1n) is 8.29. The molecule has 0 saturated heterocycles. The SMILES string of the molecule is O=c1[nH]cnc2c([C@@H]3C[C@H](/C=C/c4ccccc4)[C@@H](O)[C@H]3O)c[nH]c12. The van der Waals surface area contributed by atoms with Crippen LogP contribution in [0.2, 0.25) is 0 Å². The first-order valence-corrected chi connectivity index (χ1v) is 8.29. The molecule has 3 aromatic rings. The Labute approximate surface area is 143 Å². The van der Waals surface area contributed by atoms with Crippen molar-refractivity contribution in [2.24, 2.45) is 5.92 Å². The molecule has 0 unspecified atom stereocenters. The second-order valence-corrected chi connectivity index (χ2v) is 6.46. The summed E-state index contributed by atoms with van der Waals surface area (Å²) in [4.78, 5) is 21.5. The van der Waals surface area contributed by atoms with Crippen LogP contribution in [-0.2, 0) is 0 Å². The molecule has 1 aromatic carbocycles. The Morgan fingerprint density at radius 2 is 1.92 bits per heavy atom. The molecule has 25 heavy (non-hydrogen) atoms. The molecule has 128 valence electrons. The van der Waals surface area contributed by atoms with Crippen LogP contribution >= 0.6 is 0 Å². The van der Waals surface area contributed by atoms with Gasteiger partial charge in [0.1, 0.15) is 5.52 Å². The molecule has 4 rings (SSSR count). The summed E-state index contributed by atoms with van der Waals surface area (Å²) in [5, 5.41) is 20.9. The van der Waals surface area contributed by atoms with Gasteiger partial charge in [0.2, 0.25) is 0 Å². The lowest BCUT2D eigenvalue weighted by molar-refractivity contribution is 0.0231. The lowest BCUT2D eigenvalue weighted by Gasteiger charge is -2.15. The molecule has 0 spiro atoms. The number of nitrogens with zero attached hydrogens (tertiary/aromatic N) is 1. The van der Waals surface area contributed by atoms with Crippen LogP contribution in [-0.4, -0.2) is 37.4 Å². The van der Waals surface area contributed by atoms with Crippen molar-refractivity contribution in [1.82, 2.24) is 15.0 Å². The van der Waals surface area contributed by atoms with E-state index in [1.54, 1.807) is 6.20 Å². The maximum Gasteiger partial charge on any atom is 0.275 e. The fourth-order valence-corrected chi connectivity index (χ4v) is 3.62. The highest BCUT2D eigenvalue weighted by atomic mass is 16.3. The lowest BCUT2D eigenvalue weighted by Crippen LogP contribution is -2.26. The van der Waals surface area contributed by atoms with Crippen LogP contribution in [0.15, 0.2) is 53.7 Å². The molecule has 0 radical (unpaired) electrons. The normalized spacial score (nSPS) is 26.6. The zero-order valence-electron chi connectivity index (χ0n) is 13.5. The summed E-state index contributed by atoms with van der Waals surface area (Å²) in [6, 6.07) is 9.84. The average molecular weight is 337 g/mol. The predicted molar refractivity (Wildman–Crippen MR) is 95.1 cm³/mol. The topological polar surface area (TPSA) is 102 Å². The van der Waals surface area contributed by atoms with E-state index in [1.165, 1.54) is 6.33 Å². The van der Waals surface area contributed by atoms with E-state index in [0.717, 1.165) is 11.1 Å². The van der Waals surface area contributed by atoms with Crippen LogP contribution in [0.5, 0.6) is 0 Å². The van der Waals surface area contributed by atoms with E-state index in [1.807, 2.05) is 42.5 Å². The van der Waals surface area contributed by atoms with Gasteiger partial charge in [0.25, 0.3) is 5.56 Å². The van der Waals surface area contributed by atoms with Gasteiger partial charge in [0, 0.05) is 23.6 Å². The molecule has 1 aliphatic carbocycles. The molecule has 4 N–H and O–H groups in total. The summed E-state index contributed by atoms with van der Waals surface area (Å²) in [7, 11) is 0. The van der Waals surface area contributed by atoms with Gasteiger partial charge < -0.3 is 20.2 Å². The standard InChI is InChI=1S/C19H19N3O3/c23-17-12(7-6-11-4-2-1-3-5-11)8-13(18(17)24)14-9-20-16-15(14)21-10-22-19(16)25/h1-7,9-10,12-13,17-18,20,23-24H,8H2,(H,21,22,25)/b7-6+/t12-,13-,17+,18-/m0/s1. The highest BCUT2D eigenvalue weighted by molar-refractivity contribution is 5.78. The molecular formula is C19H19N3O3. The van der Waals surface area contributed by atoms with E-state index < -0.39 is 12.2 Å². The van der Waals surface area contributed by atoms with Gasteiger partial charge in [-0.2, -0.15) is 0 Å². The van der Waals surface area contributed by atoms with Gasteiger partial charge in [-0.05, 0) is 12.0 Å². The maximum absolute atomic E-state index is 11.8.